The summed E-state index contributed by atoms with van der Waals surface area (Å²) in [6.07, 6.45) is 0. The van der Waals surface area contributed by atoms with Crippen LogP contribution in [0.5, 0.6) is 11.5 Å². The van der Waals surface area contributed by atoms with Crippen molar-refractivity contribution in [2.24, 2.45) is 0 Å². The van der Waals surface area contributed by atoms with Crippen LogP contribution in [0.3, 0.4) is 0 Å². The van der Waals surface area contributed by atoms with Crippen molar-refractivity contribution in [3.8, 4) is 44.9 Å². The fourth-order valence-electron chi connectivity index (χ4n) is 6.06. The fraction of sp³-hybridized carbons (Fsp3) is 0.163. The van der Waals surface area contributed by atoms with Crippen molar-refractivity contribution in [2.75, 3.05) is 26.4 Å². The van der Waals surface area contributed by atoms with Crippen LogP contribution in [0.2, 0.25) is 0 Å². The Bertz CT molecular complexity index is 1760. The summed E-state index contributed by atoms with van der Waals surface area (Å²) < 4.78 is 12.1. The van der Waals surface area contributed by atoms with Crippen LogP contribution >= 0.6 is 0 Å². The van der Waals surface area contributed by atoms with Crippen LogP contribution in [-0.4, -0.2) is 36.6 Å². The first-order chi connectivity index (χ1) is 22.6. The average molecular weight is 623 g/mol. The van der Waals surface area contributed by atoms with Gasteiger partial charge in [-0.05, 0) is 70.1 Å². The molecular weight excluding hydrogens is 580 g/mol. The molecule has 0 bridgehead atoms. The largest absolute Gasteiger partial charge is 0.491 e. The molecule has 0 fully saturated rings. The Morgan fingerprint density at radius 2 is 0.809 bits per heavy atom. The highest BCUT2D eigenvalue weighted by atomic mass is 16.5. The predicted molar refractivity (Wildman–Crippen MR) is 193 cm³/mol. The summed E-state index contributed by atoms with van der Waals surface area (Å²) in [7, 11) is 0. The lowest BCUT2D eigenvalue weighted by Crippen LogP contribution is -2.25. The van der Waals surface area contributed by atoms with Crippen molar-refractivity contribution < 1.29 is 19.7 Å². The number of rotatable bonds is 12. The van der Waals surface area contributed by atoms with E-state index in [4.69, 9.17) is 9.47 Å². The van der Waals surface area contributed by atoms with Gasteiger partial charge in [0.25, 0.3) is 0 Å². The van der Waals surface area contributed by atoms with Crippen LogP contribution < -0.4 is 9.47 Å². The molecule has 0 radical (unpaired) electrons. The molecule has 2 N–H and O–H groups in total. The van der Waals surface area contributed by atoms with Crippen molar-refractivity contribution in [3.05, 3.63) is 168 Å². The van der Waals surface area contributed by atoms with Crippen molar-refractivity contribution >= 4 is 0 Å². The number of hydrogen-bond acceptors (Lipinski definition) is 4. The quantitative estimate of drug-likeness (QED) is 0.134. The minimum Gasteiger partial charge on any atom is -0.491 e. The van der Waals surface area contributed by atoms with E-state index < -0.39 is 5.41 Å². The van der Waals surface area contributed by atoms with E-state index in [2.05, 4.69) is 104 Å². The summed E-state index contributed by atoms with van der Waals surface area (Å²) in [6, 6.07) is 52.4. The van der Waals surface area contributed by atoms with Gasteiger partial charge in [0, 0.05) is 16.5 Å². The lowest BCUT2D eigenvalue weighted by atomic mass is 9.70. The molecule has 6 aromatic rings. The van der Waals surface area contributed by atoms with Crippen molar-refractivity contribution in [1.82, 2.24) is 0 Å². The van der Waals surface area contributed by atoms with E-state index in [1.54, 1.807) is 0 Å². The minimum atomic E-state index is -0.576. The molecule has 0 aliphatic carbocycles. The van der Waals surface area contributed by atoms with Crippen LogP contribution in [0.1, 0.15) is 31.0 Å². The number of ether oxygens (including phenoxy) is 2. The second kappa shape index (κ2) is 15.4. The summed E-state index contributed by atoms with van der Waals surface area (Å²) in [5.74, 6) is 1.45. The van der Waals surface area contributed by atoms with E-state index >= 15 is 0 Å². The smallest absolute Gasteiger partial charge is 0.127 e. The minimum absolute atomic E-state index is 0. The van der Waals surface area contributed by atoms with Gasteiger partial charge in [-0.3, -0.25) is 0 Å². The van der Waals surface area contributed by atoms with E-state index in [0.717, 1.165) is 56.0 Å². The predicted octanol–water partition coefficient (Wildman–Crippen LogP) is 9.42. The molecular formula is C43H42O4. The third kappa shape index (κ3) is 7.15. The van der Waals surface area contributed by atoms with E-state index in [1.807, 2.05) is 54.6 Å². The van der Waals surface area contributed by atoms with Gasteiger partial charge in [-0.25, -0.2) is 0 Å². The zero-order valence-electron chi connectivity index (χ0n) is 26.0. The van der Waals surface area contributed by atoms with Gasteiger partial charge in [0.05, 0.1) is 13.2 Å². The number of aliphatic hydroxyl groups is 2. The highest BCUT2D eigenvalue weighted by Crippen LogP contribution is 2.45. The van der Waals surface area contributed by atoms with E-state index in [-0.39, 0.29) is 33.9 Å². The molecule has 6 rings (SSSR count). The van der Waals surface area contributed by atoms with Crippen molar-refractivity contribution in [3.63, 3.8) is 0 Å². The van der Waals surface area contributed by atoms with Gasteiger partial charge in [-0.15, -0.1) is 0 Å². The third-order valence-electron chi connectivity index (χ3n) is 8.55. The van der Waals surface area contributed by atoms with Crippen molar-refractivity contribution in [2.45, 2.75) is 19.8 Å². The Morgan fingerprint density at radius 3 is 1.21 bits per heavy atom. The monoisotopic (exact) mass is 622 g/mol. The molecule has 238 valence electrons. The van der Waals surface area contributed by atoms with Gasteiger partial charge in [-0.2, -0.15) is 0 Å². The molecule has 0 aliphatic rings. The van der Waals surface area contributed by atoms with Crippen LogP contribution in [0.25, 0.3) is 33.4 Å². The summed E-state index contributed by atoms with van der Waals surface area (Å²) in [5.41, 5.74) is 9.08. The number of benzene rings is 6. The first kappa shape index (κ1) is 33.2. The van der Waals surface area contributed by atoms with Crippen LogP contribution in [0, 0.1) is 0 Å². The summed E-state index contributed by atoms with van der Waals surface area (Å²) in [4.78, 5) is 0. The summed E-state index contributed by atoms with van der Waals surface area (Å²) in [5, 5.41) is 19.0. The lowest BCUT2D eigenvalue weighted by Gasteiger charge is -2.33. The molecule has 6 aromatic carbocycles. The molecule has 0 saturated carbocycles. The lowest BCUT2D eigenvalue weighted by molar-refractivity contribution is 0.202. The zero-order valence-corrected chi connectivity index (χ0v) is 26.0. The van der Waals surface area contributed by atoms with Crippen LogP contribution in [0.4, 0.5) is 0 Å². The zero-order chi connectivity index (χ0) is 31.8. The van der Waals surface area contributed by atoms with Gasteiger partial charge in [0.2, 0.25) is 0 Å². The summed E-state index contributed by atoms with van der Waals surface area (Å²) >= 11 is 0. The Hall–Kier alpha value is -5.16. The second-order valence-corrected chi connectivity index (χ2v) is 11.4. The van der Waals surface area contributed by atoms with Gasteiger partial charge in [0.1, 0.15) is 24.7 Å². The van der Waals surface area contributed by atoms with Crippen molar-refractivity contribution in [1.29, 1.82) is 0 Å². The van der Waals surface area contributed by atoms with Gasteiger partial charge in [0.15, 0.2) is 0 Å². The van der Waals surface area contributed by atoms with Gasteiger partial charge in [-0.1, -0.05) is 135 Å². The maximum Gasteiger partial charge on any atom is 0.127 e. The summed E-state index contributed by atoms with van der Waals surface area (Å²) in [6.45, 7) is 2.57. The fourth-order valence-corrected chi connectivity index (χ4v) is 6.06. The maximum atomic E-state index is 9.52. The molecule has 4 nitrogen and oxygen atoms in total. The molecule has 4 heteroatoms. The molecule has 47 heavy (non-hydrogen) atoms. The Labute approximate surface area is 278 Å². The number of aliphatic hydroxyl groups excluding tert-OH is 2. The maximum absolute atomic E-state index is 9.52. The standard InChI is InChI=1S/C42H38O4.CH4/c1-42(35-19-17-32(18-20-35)31-11-5-2-6-12-31,36-21-23-40(45-27-25-43)38(29-36)33-13-7-3-8-14-33)37-22-24-41(46-28-26-44)39(30-37)34-15-9-4-10-16-34;/h2-24,29-30,43-44H,25-28H2,1H3;1H4. The topological polar surface area (TPSA) is 58.9 Å². The molecule has 0 amide bonds. The molecule has 0 heterocycles. The van der Waals surface area contributed by atoms with Crippen LogP contribution in [0.15, 0.2) is 152 Å². The van der Waals surface area contributed by atoms with E-state index in [1.165, 1.54) is 5.56 Å². The highest BCUT2D eigenvalue weighted by molar-refractivity contribution is 5.75. The second-order valence-electron chi connectivity index (χ2n) is 11.4. The van der Waals surface area contributed by atoms with Gasteiger partial charge >= 0.3 is 0 Å². The van der Waals surface area contributed by atoms with Gasteiger partial charge < -0.3 is 19.7 Å². The molecule has 0 aromatic heterocycles. The molecule has 0 saturated heterocycles. The SMILES string of the molecule is C.CC(c1ccc(-c2ccccc2)cc1)(c1ccc(OCCO)c(-c2ccccc2)c1)c1ccc(OCCO)c(-c2ccccc2)c1. The van der Waals surface area contributed by atoms with Crippen LogP contribution in [-0.2, 0) is 5.41 Å². The van der Waals surface area contributed by atoms with E-state index in [0.29, 0.717) is 0 Å². The number of hydrogen-bond donors (Lipinski definition) is 2. The Balaban J connectivity index is 0.00000433. The molecule has 0 spiro atoms. The molecule has 0 atom stereocenters. The van der Waals surface area contributed by atoms with E-state index in [9.17, 15) is 10.2 Å². The first-order valence-electron chi connectivity index (χ1n) is 15.6. The molecule has 0 aliphatic heterocycles. The third-order valence-corrected chi connectivity index (χ3v) is 8.55. The Morgan fingerprint density at radius 1 is 0.447 bits per heavy atom. The Kier molecular flexibility index (Phi) is 10.9. The first-order valence-corrected chi connectivity index (χ1v) is 15.6. The molecule has 0 unspecified atom stereocenters. The highest BCUT2D eigenvalue weighted by Gasteiger charge is 2.33. The normalized spacial score (nSPS) is 11.0. The average Bonchev–Trinajstić information content (AvgIpc) is 3.14.